The molecule has 0 unspecified atom stereocenters. The van der Waals surface area contributed by atoms with Crippen LogP contribution in [0.1, 0.15) is 39.5 Å². The van der Waals surface area contributed by atoms with Crippen molar-refractivity contribution in [1.29, 1.82) is 0 Å². The Morgan fingerprint density at radius 3 is 2.50 bits per heavy atom. The molecule has 2 aliphatic rings. The maximum absolute atomic E-state index is 12.7. The van der Waals surface area contributed by atoms with Gasteiger partial charge in [0.15, 0.2) is 0 Å². The fourth-order valence-corrected chi connectivity index (χ4v) is 3.34. The van der Waals surface area contributed by atoms with Crippen LogP contribution in [0, 0.1) is 16.0 Å². The number of nitro groups is 1. The number of carbonyl (C=O) groups is 1. The van der Waals surface area contributed by atoms with Crippen molar-refractivity contribution in [2.45, 2.75) is 45.6 Å². The van der Waals surface area contributed by atoms with E-state index in [9.17, 15) is 14.9 Å². The number of nitrogens with zero attached hydrogens (tertiary/aromatic N) is 4. The Morgan fingerprint density at radius 1 is 1.29 bits per heavy atom. The molecule has 0 saturated heterocycles. The van der Waals surface area contributed by atoms with Crippen LogP contribution in [0.25, 0.3) is 0 Å². The third kappa shape index (κ3) is 3.06. The largest absolute Gasteiger partial charge is 0.290 e. The molecule has 1 heterocycles. The van der Waals surface area contributed by atoms with Crippen molar-refractivity contribution in [1.82, 2.24) is 0 Å². The van der Waals surface area contributed by atoms with Gasteiger partial charge in [-0.3, -0.25) is 19.9 Å². The zero-order valence-corrected chi connectivity index (χ0v) is 13.8. The summed E-state index contributed by atoms with van der Waals surface area (Å²) in [5, 5.41) is 16.4. The minimum atomic E-state index is -0.467. The number of aliphatic imine (C=N–C) groups is 1. The normalized spacial score (nSPS) is 22.2. The predicted molar refractivity (Wildman–Crippen MR) is 92.5 cm³/mol. The van der Waals surface area contributed by atoms with Crippen LogP contribution in [0.15, 0.2) is 34.4 Å². The number of hydrogen-bond acceptors (Lipinski definition) is 5. The van der Waals surface area contributed by atoms with Gasteiger partial charge in [0.05, 0.1) is 16.3 Å². The first-order chi connectivity index (χ1) is 11.5. The summed E-state index contributed by atoms with van der Waals surface area (Å²) < 4.78 is 0. The van der Waals surface area contributed by atoms with Crippen molar-refractivity contribution >= 4 is 28.7 Å². The minimum Gasteiger partial charge on any atom is -0.290 e. The quantitative estimate of drug-likeness (QED) is 0.482. The molecule has 0 radical (unpaired) electrons. The van der Waals surface area contributed by atoms with Crippen molar-refractivity contribution in [2.75, 3.05) is 5.01 Å². The van der Waals surface area contributed by atoms with Crippen molar-refractivity contribution in [3.05, 3.63) is 34.4 Å². The number of benzene rings is 1. The van der Waals surface area contributed by atoms with Crippen molar-refractivity contribution in [2.24, 2.45) is 16.0 Å². The highest BCUT2D eigenvalue weighted by molar-refractivity contribution is 6.27. The molecule has 0 spiro atoms. The summed E-state index contributed by atoms with van der Waals surface area (Å²) in [6.07, 6.45) is 4.56. The lowest BCUT2D eigenvalue weighted by atomic mass is 9.99. The van der Waals surface area contributed by atoms with E-state index in [-0.39, 0.29) is 11.6 Å². The van der Waals surface area contributed by atoms with Gasteiger partial charge in [0.2, 0.25) is 0 Å². The van der Waals surface area contributed by atoms with Gasteiger partial charge >= 0.3 is 0 Å². The second-order valence-corrected chi connectivity index (χ2v) is 6.31. The maximum Gasteiger partial charge on any atom is 0.269 e. The standard InChI is InChI=1S/C17H20N4O3/c1-11(18-13-5-3-4-6-13)16-12(2)19-20(17(16)22)14-7-9-15(10-8-14)21(23)24/h7-10,13,16H,3-6H2,1-2H3/t16-/m0/s1. The lowest BCUT2D eigenvalue weighted by molar-refractivity contribution is -0.384. The summed E-state index contributed by atoms with van der Waals surface area (Å²) in [6.45, 7) is 3.71. The second-order valence-electron chi connectivity index (χ2n) is 6.31. The minimum absolute atomic E-state index is 0.0124. The summed E-state index contributed by atoms with van der Waals surface area (Å²) >= 11 is 0. The summed E-state index contributed by atoms with van der Waals surface area (Å²) in [4.78, 5) is 27.7. The van der Waals surface area contributed by atoms with E-state index in [2.05, 4.69) is 5.10 Å². The zero-order valence-electron chi connectivity index (χ0n) is 13.8. The van der Waals surface area contributed by atoms with Gasteiger partial charge in [-0.05, 0) is 38.8 Å². The molecule has 1 aliphatic heterocycles. The van der Waals surface area contributed by atoms with E-state index in [0.717, 1.165) is 18.6 Å². The maximum atomic E-state index is 12.7. The van der Waals surface area contributed by atoms with E-state index in [1.165, 1.54) is 30.0 Å². The van der Waals surface area contributed by atoms with Crippen LogP contribution < -0.4 is 5.01 Å². The number of hydrazone groups is 1. The average molecular weight is 328 g/mol. The van der Waals surface area contributed by atoms with E-state index in [1.54, 1.807) is 12.1 Å². The first-order valence-corrected chi connectivity index (χ1v) is 8.15. The van der Waals surface area contributed by atoms with Gasteiger partial charge in [0, 0.05) is 23.9 Å². The smallest absolute Gasteiger partial charge is 0.269 e. The fourth-order valence-electron chi connectivity index (χ4n) is 3.34. The van der Waals surface area contributed by atoms with Gasteiger partial charge < -0.3 is 0 Å². The number of nitro benzene ring substituents is 1. The lowest BCUT2D eigenvalue weighted by Gasteiger charge is -2.15. The van der Waals surface area contributed by atoms with E-state index in [0.29, 0.717) is 17.4 Å². The number of non-ortho nitro benzene ring substituents is 1. The molecule has 7 nitrogen and oxygen atoms in total. The zero-order chi connectivity index (χ0) is 17.3. The molecule has 1 aliphatic carbocycles. The SMILES string of the molecule is CC(=NC1CCCC1)[C@@H]1C(=O)N(c2ccc([N+](=O)[O-])cc2)N=C1C. The van der Waals surface area contributed by atoms with Gasteiger partial charge in [-0.2, -0.15) is 10.1 Å². The van der Waals surface area contributed by atoms with Gasteiger partial charge in [-0.25, -0.2) is 0 Å². The van der Waals surface area contributed by atoms with Crippen molar-refractivity contribution in [3.8, 4) is 0 Å². The number of hydrogen-bond donors (Lipinski definition) is 0. The molecule has 126 valence electrons. The number of carbonyl (C=O) groups excluding carboxylic acids is 1. The first-order valence-electron chi connectivity index (χ1n) is 8.15. The summed E-state index contributed by atoms with van der Waals surface area (Å²) in [6, 6.07) is 6.15. The second kappa shape index (κ2) is 6.51. The molecule has 1 amide bonds. The molecule has 1 saturated carbocycles. The third-order valence-electron chi connectivity index (χ3n) is 4.56. The molecular formula is C17H20N4O3. The molecular weight excluding hydrogens is 308 g/mol. The van der Waals surface area contributed by atoms with Crippen LogP contribution >= 0.6 is 0 Å². The summed E-state index contributed by atoms with van der Waals surface area (Å²) in [5.41, 5.74) is 2.03. The monoisotopic (exact) mass is 328 g/mol. The van der Waals surface area contributed by atoms with Gasteiger partial charge in [-0.1, -0.05) is 12.8 Å². The molecule has 1 aromatic carbocycles. The van der Waals surface area contributed by atoms with E-state index in [1.807, 2.05) is 13.8 Å². The molecule has 1 atom stereocenters. The third-order valence-corrected chi connectivity index (χ3v) is 4.56. The Bertz CT molecular complexity index is 718. The number of anilines is 1. The molecule has 24 heavy (non-hydrogen) atoms. The van der Waals surface area contributed by atoms with Crippen LogP contribution in [0.2, 0.25) is 0 Å². The predicted octanol–water partition coefficient (Wildman–Crippen LogP) is 3.34. The molecule has 7 heteroatoms. The molecule has 1 fully saturated rings. The first kappa shape index (κ1) is 16.3. The Kier molecular flexibility index (Phi) is 4.42. The van der Waals surface area contributed by atoms with Crippen LogP contribution in [-0.2, 0) is 4.79 Å². The van der Waals surface area contributed by atoms with E-state index >= 15 is 0 Å². The average Bonchev–Trinajstić information content (AvgIpc) is 3.15. The van der Waals surface area contributed by atoms with Crippen LogP contribution in [-0.4, -0.2) is 28.3 Å². The van der Waals surface area contributed by atoms with E-state index < -0.39 is 10.8 Å². The van der Waals surface area contributed by atoms with Crippen LogP contribution in [0.3, 0.4) is 0 Å². The number of amides is 1. The summed E-state index contributed by atoms with van der Waals surface area (Å²) in [7, 11) is 0. The molecule has 3 rings (SSSR count). The highest BCUT2D eigenvalue weighted by Crippen LogP contribution is 2.28. The lowest BCUT2D eigenvalue weighted by Crippen LogP contribution is -2.32. The van der Waals surface area contributed by atoms with E-state index in [4.69, 9.17) is 4.99 Å². The van der Waals surface area contributed by atoms with Crippen LogP contribution in [0.4, 0.5) is 11.4 Å². The number of rotatable bonds is 4. The molecule has 1 aromatic rings. The van der Waals surface area contributed by atoms with Gasteiger partial charge in [0.1, 0.15) is 5.92 Å². The molecule has 0 N–H and O–H groups in total. The highest BCUT2D eigenvalue weighted by atomic mass is 16.6. The fraction of sp³-hybridized carbons (Fsp3) is 0.471. The van der Waals surface area contributed by atoms with Gasteiger partial charge in [-0.15, -0.1) is 0 Å². The Labute approximate surface area is 140 Å². The summed E-state index contributed by atoms with van der Waals surface area (Å²) in [5.74, 6) is -0.582. The van der Waals surface area contributed by atoms with Crippen molar-refractivity contribution in [3.63, 3.8) is 0 Å². The highest BCUT2D eigenvalue weighted by Gasteiger charge is 2.36. The van der Waals surface area contributed by atoms with Gasteiger partial charge in [0.25, 0.3) is 11.6 Å². The van der Waals surface area contributed by atoms with Crippen LogP contribution in [0.5, 0.6) is 0 Å². The molecule has 0 bridgehead atoms. The Morgan fingerprint density at radius 2 is 1.92 bits per heavy atom. The Balaban J connectivity index is 1.80. The molecule has 0 aromatic heterocycles. The van der Waals surface area contributed by atoms with Crippen molar-refractivity contribution < 1.29 is 9.72 Å². The topological polar surface area (TPSA) is 88.2 Å². The Hall–Kier alpha value is -2.57.